The highest BCUT2D eigenvalue weighted by Crippen LogP contribution is 2.52. The molecule has 0 aromatic heterocycles. The number of methoxy groups -OCH3 is 2. The Balaban J connectivity index is 1.66. The van der Waals surface area contributed by atoms with E-state index in [9.17, 15) is 0 Å². The van der Waals surface area contributed by atoms with Crippen LogP contribution in [-0.4, -0.2) is 32.5 Å². The molecular weight excluding hydrogens is 354 g/mol. The van der Waals surface area contributed by atoms with Gasteiger partial charge in [0, 0.05) is 30.6 Å². The fraction of sp³-hybridized carbons (Fsp3) is 0.391. The van der Waals surface area contributed by atoms with Crippen LogP contribution in [0.2, 0.25) is 0 Å². The van der Waals surface area contributed by atoms with Gasteiger partial charge >= 0.3 is 0 Å². The molecule has 0 spiro atoms. The second-order valence-corrected chi connectivity index (χ2v) is 7.57. The lowest BCUT2D eigenvalue weighted by molar-refractivity contribution is 0.131. The highest BCUT2D eigenvalue weighted by Gasteiger charge is 2.41. The molecular formula is C23H25NO4. The van der Waals surface area contributed by atoms with Gasteiger partial charge in [-0.2, -0.15) is 0 Å². The molecule has 3 aliphatic rings. The van der Waals surface area contributed by atoms with Crippen molar-refractivity contribution in [2.45, 2.75) is 31.3 Å². The van der Waals surface area contributed by atoms with E-state index >= 15 is 0 Å². The number of allylic oxidation sites excluding steroid dienone is 1. The summed E-state index contributed by atoms with van der Waals surface area (Å²) in [5.41, 5.74) is 5.27. The van der Waals surface area contributed by atoms with Gasteiger partial charge in [0.15, 0.2) is 23.0 Å². The van der Waals surface area contributed by atoms with Gasteiger partial charge in [0.2, 0.25) is 6.79 Å². The summed E-state index contributed by atoms with van der Waals surface area (Å²) in [6, 6.07) is 8.87. The maximum atomic E-state index is 5.76. The average Bonchev–Trinajstić information content (AvgIpc) is 3.18. The van der Waals surface area contributed by atoms with Crippen molar-refractivity contribution < 1.29 is 18.9 Å². The fourth-order valence-electron chi connectivity index (χ4n) is 5.07. The number of rotatable bonds is 4. The summed E-state index contributed by atoms with van der Waals surface area (Å²) in [5, 5.41) is 0. The van der Waals surface area contributed by atoms with E-state index in [0.717, 1.165) is 48.9 Å². The first kappa shape index (κ1) is 17.4. The molecule has 3 aliphatic heterocycles. The van der Waals surface area contributed by atoms with Crippen LogP contribution in [0, 0.1) is 0 Å². The van der Waals surface area contributed by atoms with E-state index in [1.807, 2.05) is 12.1 Å². The van der Waals surface area contributed by atoms with E-state index in [1.165, 1.54) is 22.3 Å². The largest absolute Gasteiger partial charge is 0.493 e. The van der Waals surface area contributed by atoms with Gasteiger partial charge < -0.3 is 18.9 Å². The summed E-state index contributed by atoms with van der Waals surface area (Å²) in [6.07, 6.45) is 3.93. The van der Waals surface area contributed by atoms with Crippen molar-refractivity contribution in [3.63, 3.8) is 0 Å². The van der Waals surface area contributed by atoms with E-state index in [1.54, 1.807) is 14.2 Å². The van der Waals surface area contributed by atoms with Crippen LogP contribution in [-0.2, 0) is 13.0 Å². The summed E-state index contributed by atoms with van der Waals surface area (Å²) in [6.45, 7) is 6.20. The quantitative estimate of drug-likeness (QED) is 0.745. The molecule has 0 amide bonds. The molecule has 0 fully saturated rings. The van der Waals surface area contributed by atoms with Crippen LogP contribution in [0.3, 0.4) is 0 Å². The molecule has 0 radical (unpaired) electrons. The Kier molecular flexibility index (Phi) is 4.20. The zero-order chi connectivity index (χ0) is 19.3. The van der Waals surface area contributed by atoms with Gasteiger partial charge in [-0.3, -0.25) is 4.90 Å². The van der Waals surface area contributed by atoms with Crippen LogP contribution >= 0.6 is 0 Å². The summed E-state index contributed by atoms with van der Waals surface area (Å²) < 4.78 is 22.6. The number of fused-ring (bicyclic) bond motifs is 5. The van der Waals surface area contributed by atoms with Crippen LogP contribution in [0.5, 0.6) is 23.0 Å². The summed E-state index contributed by atoms with van der Waals surface area (Å²) >= 11 is 0. The summed E-state index contributed by atoms with van der Waals surface area (Å²) in [4.78, 5) is 2.56. The van der Waals surface area contributed by atoms with E-state index < -0.39 is 0 Å². The molecule has 5 nitrogen and oxygen atoms in total. The molecule has 5 heteroatoms. The molecule has 0 unspecified atom stereocenters. The van der Waals surface area contributed by atoms with Crippen molar-refractivity contribution in [3.05, 3.63) is 59.2 Å². The van der Waals surface area contributed by atoms with Gasteiger partial charge in [-0.15, -0.1) is 6.58 Å². The molecule has 0 saturated heterocycles. The molecule has 0 bridgehead atoms. The van der Waals surface area contributed by atoms with Gasteiger partial charge in [0.05, 0.1) is 14.2 Å². The average molecular weight is 379 g/mol. The lowest BCUT2D eigenvalue weighted by Gasteiger charge is -2.46. The minimum Gasteiger partial charge on any atom is -0.493 e. The van der Waals surface area contributed by atoms with E-state index in [2.05, 4.69) is 29.7 Å². The van der Waals surface area contributed by atoms with Gasteiger partial charge in [-0.25, -0.2) is 0 Å². The lowest BCUT2D eigenvalue weighted by Crippen LogP contribution is -2.41. The Bertz CT molecular complexity index is 939. The third-order valence-corrected chi connectivity index (χ3v) is 6.26. The Morgan fingerprint density at radius 1 is 1.14 bits per heavy atom. The van der Waals surface area contributed by atoms with Crippen molar-refractivity contribution in [2.24, 2.45) is 0 Å². The van der Waals surface area contributed by atoms with Crippen LogP contribution < -0.4 is 18.9 Å². The zero-order valence-electron chi connectivity index (χ0n) is 16.4. The highest BCUT2D eigenvalue weighted by molar-refractivity contribution is 5.56. The molecule has 3 heterocycles. The molecule has 146 valence electrons. The fourth-order valence-corrected chi connectivity index (χ4v) is 5.07. The second kappa shape index (κ2) is 6.74. The van der Waals surface area contributed by atoms with Crippen molar-refractivity contribution in [3.8, 4) is 23.0 Å². The number of hydrogen-bond acceptors (Lipinski definition) is 5. The number of hydrogen-bond donors (Lipinski definition) is 0. The minimum absolute atomic E-state index is 0.293. The predicted octanol–water partition coefficient (Wildman–Crippen LogP) is 4.21. The monoisotopic (exact) mass is 379 g/mol. The molecule has 28 heavy (non-hydrogen) atoms. The van der Waals surface area contributed by atoms with Gasteiger partial charge in [0.1, 0.15) is 0 Å². The second-order valence-electron chi connectivity index (χ2n) is 7.57. The Morgan fingerprint density at radius 3 is 2.71 bits per heavy atom. The SMILES string of the molecule is C=CC[C@@H]1c2ccc(OC)c(OC)c2CN2CCc3cc4c(cc3[C@H]12)OCO4. The van der Waals surface area contributed by atoms with Crippen LogP contribution in [0.25, 0.3) is 0 Å². The zero-order valence-corrected chi connectivity index (χ0v) is 16.4. The smallest absolute Gasteiger partial charge is 0.231 e. The van der Waals surface area contributed by atoms with Gasteiger partial charge in [0.25, 0.3) is 0 Å². The first-order valence-electron chi connectivity index (χ1n) is 9.76. The molecule has 0 saturated carbocycles. The third kappa shape index (κ3) is 2.49. The number of ether oxygens (including phenoxy) is 4. The molecule has 5 rings (SSSR count). The van der Waals surface area contributed by atoms with Crippen LogP contribution in [0.15, 0.2) is 36.9 Å². The van der Waals surface area contributed by atoms with Crippen LogP contribution in [0.1, 0.15) is 40.6 Å². The van der Waals surface area contributed by atoms with Gasteiger partial charge in [-0.05, 0) is 47.7 Å². The van der Waals surface area contributed by atoms with Crippen molar-refractivity contribution in [2.75, 3.05) is 27.6 Å². The van der Waals surface area contributed by atoms with E-state index in [-0.39, 0.29) is 0 Å². The third-order valence-electron chi connectivity index (χ3n) is 6.26. The van der Waals surface area contributed by atoms with Crippen LogP contribution in [0.4, 0.5) is 0 Å². The number of nitrogens with zero attached hydrogens (tertiary/aromatic N) is 1. The normalized spacial score (nSPS) is 22.1. The minimum atomic E-state index is 0.293. The molecule has 0 aliphatic carbocycles. The lowest BCUT2D eigenvalue weighted by atomic mass is 9.75. The first-order valence-corrected chi connectivity index (χ1v) is 9.76. The Morgan fingerprint density at radius 2 is 1.96 bits per heavy atom. The standard InChI is InChI=1S/C23H25NO4/c1-4-5-16-15-6-7-19(25-2)23(26-3)18(15)12-24-9-8-14-10-20-21(28-13-27-20)11-17(14)22(16)24/h4,6-7,10-11,16,22H,1,5,8-9,12-13H2,2-3H3/t16-,22+/m1/s1. The van der Waals surface area contributed by atoms with E-state index in [0.29, 0.717) is 18.8 Å². The maximum absolute atomic E-state index is 5.76. The summed E-state index contributed by atoms with van der Waals surface area (Å²) in [7, 11) is 3.41. The first-order chi connectivity index (χ1) is 13.7. The summed E-state index contributed by atoms with van der Waals surface area (Å²) in [5.74, 6) is 3.67. The van der Waals surface area contributed by atoms with Crippen molar-refractivity contribution in [1.29, 1.82) is 0 Å². The Hall–Kier alpha value is -2.66. The predicted molar refractivity (Wildman–Crippen MR) is 107 cm³/mol. The Labute approximate surface area is 165 Å². The van der Waals surface area contributed by atoms with Crippen molar-refractivity contribution >= 4 is 0 Å². The molecule has 0 N–H and O–H groups in total. The molecule has 2 atom stereocenters. The topological polar surface area (TPSA) is 40.2 Å². The van der Waals surface area contributed by atoms with Gasteiger partial charge in [-0.1, -0.05) is 12.1 Å². The number of benzene rings is 2. The molecule has 2 aromatic rings. The maximum Gasteiger partial charge on any atom is 0.231 e. The van der Waals surface area contributed by atoms with E-state index in [4.69, 9.17) is 18.9 Å². The van der Waals surface area contributed by atoms with Crippen molar-refractivity contribution in [1.82, 2.24) is 4.90 Å². The molecule has 2 aromatic carbocycles. The highest BCUT2D eigenvalue weighted by atomic mass is 16.7.